The van der Waals surface area contributed by atoms with Gasteiger partial charge in [-0.15, -0.1) is 11.6 Å². The van der Waals surface area contributed by atoms with E-state index in [1.807, 2.05) is 0 Å². The molecule has 2 aromatic rings. The fourth-order valence-electron chi connectivity index (χ4n) is 2.59. The maximum Gasteiger partial charge on any atom is 0.430 e. The van der Waals surface area contributed by atoms with E-state index >= 15 is 0 Å². The number of benzene rings is 2. The molecule has 0 amide bonds. The molecule has 0 heterocycles. The first-order chi connectivity index (χ1) is 12.4. The van der Waals surface area contributed by atoms with Crippen LogP contribution in [0.3, 0.4) is 0 Å². The molecule has 0 aliphatic rings. The summed E-state index contributed by atoms with van der Waals surface area (Å²) in [4.78, 5) is 0. The van der Waals surface area contributed by atoms with Crippen molar-refractivity contribution in [3.8, 4) is 0 Å². The van der Waals surface area contributed by atoms with Gasteiger partial charge in [0, 0.05) is 17.4 Å². The van der Waals surface area contributed by atoms with Crippen molar-refractivity contribution in [3.63, 3.8) is 0 Å². The fourth-order valence-corrected chi connectivity index (χ4v) is 2.59. The van der Waals surface area contributed by atoms with E-state index in [1.54, 1.807) is 0 Å². The van der Waals surface area contributed by atoms with Crippen LogP contribution in [0.4, 0.5) is 50.9 Å². The van der Waals surface area contributed by atoms with Gasteiger partial charge in [-0.25, -0.2) is 0 Å². The first kappa shape index (κ1) is 23.5. The zero-order valence-corrected chi connectivity index (χ0v) is 16.0. The molecule has 0 radical (unpaired) electrons. The molecule has 14 heteroatoms. The molecular weight excluding hydrogens is 668 g/mol. The molecule has 29 heavy (non-hydrogen) atoms. The second kappa shape index (κ2) is 6.51. The summed E-state index contributed by atoms with van der Waals surface area (Å²) in [6.07, 6.45) is -19.7. The van der Waals surface area contributed by atoms with Gasteiger partial charge in [0.1, 0.15) is 0 Å². The molecule has 6 N–H and O–H groups in total. The van der Waals surface area contributed by atoms with Crippen molar-refractivity contribution in [2.45, 2.75) is 24.1 Å². The van der Waals surface area contributed by atoms with Crippen molar-refractivity contribution in [2.24, 2.45) is 0 Å². The second-order valence-electron chi connectivity index (χ2n) is 5.70. The average molecular weight is 678 g/mol. The Morgan fingerprint density at radius 2 is 1.14 bits per heavy atom. The van der Waals surface area contributed by atoms with Crippen LogP contribution in [0.2, 0.25) is 0 Å². The zero-order chi connectivity index (χ0) is 21.9. The normalized spacial score (nSPS) is 13.3. The van der Waals surface area contributed by atoms with Crippen molar-refractivity contribution in [1.82, 2.24) is 0 Å². The third kappa shape index (κ3) is 3.38. The molecule has 168 valence electrons. The maximum absolute atomic E-state index is 13.0. The Kier molecular flexibility index (Phi) is 5.28. The van der Waals surface area contributed by atoms with Crippen LogP contribution >= 0.6 is 0 Å². The number of nitrogens with two attached hydrogens (primary N) is 2. The van der Waals surface area contributed by atoms with Gasteiger partial charge in [-0.05, 0) is 5.39 Å². The third-order valence-corrected chi connectivity index (χ3v) is 4.02. The van der Waals surface area contributed by atoms with Gasteiger partial charge >= 0.3 is 18.5 Å². The number of aliphatic hydroxyl groups is 2. The number of aliphatic hydroxyl groups excluding tert-OH is 1. The van der Waals surface area contributed by atoms with Gasteiger partial charge in [0.2, 0.25) is 0 Å². The summed E-state index contributed by atoms with van der Waals surface area (Å²) < 4.78 is 116. The summed E-state index contributed by atoms with van der Waals surface area (Å²) in [7, 11) is 0. The van der Waals surface area contributed by atoms with E-state index in [2.05, 4.69) is 0 Å². The number of hydrogen-bond donors (Lipinski definition) is 4. The van der Waals surface area contributed by atoms with Crippen molar-refractivity contribution in [1.29, 1.82) is 0 Å². The Morgan fingerprint density at radius 3 is 1.55 bits per heavy atom. The number of halogens is 9. The number of fused-ring (bicyclic) bond motifs is 1. The molecule has 0 saturated carbocycles. The summed E-state index contributed by atoms with van der Waals surface area (Å²) in [5, 5.41) is 17.6. The second-order valence-corrected chi connectivity index (χ2v) is 5.70. The number of alkyl halides is 9. The monoisotopic (exact) mass is 678 g/mol. The van der Waals surface area contributed by atoms with Crippen LogP contribution in [0.5, 0.6) is 0 Å². The molecule has 0 spiro atoms. The molecule has 0 unspecified atom stereocenters. The van der Waals surface area contributed by atoms with E-state index in [0.29, 0.717) is 18.2 Å². The Morgan fingerprint density at radius 1 is 0.724 bits per heavy atom. The van der Waals surface area contributed by atoms with Crippen LogP contribution in [-0.2, 0) is 5.60 Å². The van der Waals surface area contributed by atoms with E-state index in [0.717, 1.165) is 0 Å². The summed E-state index contributed by atoms with van der Waals surface area (Å²) >= 11 is 0. The number of nitrogen functional groups attached to an aromatic ring is 2. The molecule has 0 aromatic heterocycles. The standard InChI is InChI=1S/C15H10F9N2O2.Fm/c16-13(17,18)11(27)7-2-1-6-5(9(7)25)3-4-8(10(6)26)12(28,14(19,20)21)15(22,23)24;/h1-4,27-28H,25-26H2;/q-1;. The largest absolute Gasteiger partial charge is 0.448 e. The molecule has 0 aliphatic heterocycles. The Hall–Kier alpha value is -3.54. The Labute approximate surface area is 150 Å². The minimum atomic E-state index is -6.21. The molecule has 2 rings (SSSR count). The summed E-state index contributed by atoms with van der Waals surface area (Å²) in [6.45, 7) is 0. The molecule has 2 aromatic carbocycles. The van der Waals surface area contributed by atoms with Crippen LogP contribution in [0, 0.1) is 6.10 Å². The van der Waals surface area contributed by atoms with E-state index in [9.17, 15) is 49.7 Å². The van der Waals surface area contributed by atoms with Crippen LogP contribution < -0.4 is 11.5 Å². The van der Waals surface area contributed by atoms with Crippen molar-refractivity contribution in [3.05, 3.63) is 41.5 Å². The zero-order valence-electron chi connectivity index (χ0n) is 13.5. The quantitative estimate of drug-likeness (QED) is 0.219. The summed E-state index contributed by atoms with van der Waals surface area (Å²) in [6, 6.07) is 1.87. The van der Waals surface area contributed by atoms with E-state index in [4.69, 9.17) is 11.5 Å². The smallest absolute Gasteiger partial charge is 0.430 e. The van der Waals surface area contributed by atoms with Crippen LogP contribution in [0.25, 0.3) is 10.8 Å². The number of rotatable bonds is 2. The van der Waals surface area contributed by atoms with Gasteiger partial charge < -0.3 is 21.7 Å². The predicted molar refractivity (Wildman–Crippen MR) is 79.1 cm³/mol. The van der Waals surface area contributed by atoms with Gasteiger partial charge in [0.15, 0.2) is 0 Å². The fraction of sp³-hybridized carbons (Fsp3) is 0.267. The average Bonchev–Trinajstić information content (AvgIpc) is 2.51. The summed E-state index contributed by atoms with van der Waals surface area (Å²) in [5.41, 5.74) is 0.821. The summed E-state index contributed by atoms with van der Waals surface area (Å²) in [5.74, 6) is 0. The van der Waals surface area contributed by atoms with Gasteiger partial charge in [-0.3, -0.25) is 0 Å². The topological polar surface area (TPSA) is 92.5 Å². The van der Waals surface area contributed by atoms with Gasteiger partial charge in [-0.2, -0.15) is 45.6 Å². The number of hydrogen-bond acceptors (Lipinski definition) is 4. The first-order valence-electron chi connectivity index (χ1n) is 7.05. The van der Waals surface area contributed by atoms with Gasteiger partial charge in [0.05, 0.1) is 0 Å². The molecule has 0 saturated heterocycles. The Bertz CT molecular complexity index is 896. The van der Waals surface area contributed by atoms with Crippen LogP contribution in [0.1, 0.15) is 11.1 Å². The van der Waals surface area contributed by atoms with E-state index < -0.39 is 63.5 Å². The minimum Gasteiger partial charge on any atom is -0.448 e. The minimum absolute atomic E-state index is 0. The molecule has 4 nitrogen and oxygen atoms in total. The first-order valence-corrected chi connectivity index (χ1v) is 7.05. The molecule has 0 fully saturated rings. The van der Waals surface area contributed by atoms with Crippen molar-refractivity contribution in [2.75, 3.05) is 11.5 Å². The SMILES string of the molecule is Nc1c([C-](O)C(F)(F)F)ccc2c(N)c(C(O)(C(F)(F)F)C(F)(F)F)ccc12.[Fm]. The van der Waals surface area contributed by atoms with Crippen LogP contribution in [-0.4, -0.2) is 28.7 Å². The maximum atomic E-state index is 13.0. The van der Waals surface area contributed by atoms with Crippen molar-refractivity contribution < 1.29 is 49.7 Å². The van der Waals surface area contributed by atoms with E-state index in [-0.39, 0.29) is 6.07 Å². The van der Waals surface area contributed by atoms with Gasteiger partial charge in [0.25, 0.3) is 5.60 Å². The Balaban J connectivity index is 0.00000420. The molecule has 0 bridgehead atoms. The molecular formula is C15H10F9FmN2O2-. The van der Waals surface area contributed by atoms with Gasteiger partial charge in [-0.1, -0.05) is 23.2 Å². The molecule has 0 aliphatic carbocycles. The van der Waals surface area contributed by atoms with Crippen LogP contribution in [0.15, 0.2) is 24.3 Å². The third-order valence-electron chi connectivity index (χ3n) is 4.02. The number of anilines is 2. The van der Waals surface area contributed by atoms with Crippen molar-refractivity contribution >= 4 is 22.1 Å². The molecule has 0 atom stereocenters. The predicted octanol–water partition coefficient (Wildman–Crippen LogP) is 4.13. The van der Waals surface area contributed by atoms with E-state index in [1.165, 1.54) is 0 Å².